The number of fused-ring (bicyclic) bond motifs is 1. The summed E-state index contributed by atoms with van der Waals surface area (Å²) < 4.78 is 18.0. The zero-order valence-corrected chi connectivity index (χ0v) is 22.5. The summed E-state index contributed by atoms with van der Waals surface area (Å²) >= 11 is 0. The molecule has 1 aromatic carbocycles. The number of para-hydroxylation sites is 2. The maximum atomic E-state index is 13.3. The highest BCUT2D eigenvalue weighted by molar-refractivity contribution is 5.81. The molecule has 0 unspecified atom stereocenters. The number of unbranched alkanes of at least 4 members (excludes halogenated alkanes) is 2. The summed E-state index contributed by atoms with van der Waals surface area (Å²) in [6, 6.07) is 7.36. The quantitative estimate of drug-likeness (QED) is 0.163. The Bertz CT molecular complexity index is 1450. The number of hydrogen-bond donors (Lipinski definition) is 1. The summed E-state index contributed by atoms with van der Waals surface area (Å²) in [5.41, 5.74) is 2.13. The van der Waals surface area contributed by atoms with Crippen LogP contribution >= 0.6 is 0 Å². The third-order valence-electron chi connectivity index (χ3n) is 6.03. The number of aromatic hydroxyl groups is 1. The predicted octanol–water partition coefficient (Wildman–Crippen LogP) is 3.11. The first-order chi connectivity index (χ1) is 19.3. The molecule has 0 fully saturated rings. The Kier molecular flexibility index (Phi) is 10.7. The predicted molar refractivity (Wildman–Crippen MR) is 149 cm³/mol. The van der Waals surface area contributed by atoms with Crippen LogP contribution < -0.4 is 20.9 Å². The van der Waals surface area contributed by atoms with Crippen LogP contribution in [0, 0.1) is 0 Å². The van der Waals surface area contributed by atoms with E-state index in [1.165, 1.54) is 6.08 Å². The topological polar surface area (TPSA) is 129 Å². The summed E-state index contributed by atoms with van der Waals surface area (Å²) in [7, 11) is 0. The number of aromatic nitrogens is 2. The Hall–Kier alpha value is -4.76. The normalized spacial score (nSPS) is 11.7. The van der Waals surface area contributed by atoms with Crippen LogP contribution in [0.2, 0.25) is 0 Å². The number of benzene rings is 1. The summed E-state index contributed by atoms with van der Waals surface area (Å²) in [4.78, 5) is 50.8. The van der Waals surface area contributed by atoms with Gasteiger partial charge in [0.25, 0.3) is 5.56 Å². The van der Waals surface area contributed by atoms with Gasteiger partial charge in [-0.3, -0.25) is 13.9 Å². The van der Waals surface area contributed by atoms with Crippen LogP contribution in [0.4, 0.5) is 5.69 Å². The van der Waals surface area contributed by atoms with Crippen LogP contribution in [0.5, 0.6) is 11.6 Å². The van der Waals surface area contributed by atoms with Gasteiger partial charge in [0.2, 0.25) is 11.8 Å². The summed E-state index contributed by atoms with van der Waals surface area (Å²) in [5.74, 6) is -0.763. The highest BCUT2D eigenvalue weighted by atomic mass is 16.5. The van der Waals surface area contributed by atoms with E-state index in [1.54, 1.807) is 6.07 Å². The highest BCUT2D eigenvalue weighted by Crippen LogP contribution is 2.38. The molecule has 40 heavy (non-hydrogen) atoms. The van der Waals surface area contributed by atoms with Gasteiger partial charge in [0, 0.05) is 31.3 Å². The maximum Gasteiger partial charge on any atom is 0.333 e. The van der Waals surface area contributed by atoms with Crippen molar-refractivity contribution in [2.45, 2.75) is 45.7 Å². The maximum absolute atomic E-state index is 13.3. The van der Waals surface area contributed by atoms with Crippen molar-refractivity contribution in [2.24, 2.45) is 0 Å². The van der Waals surface area contributed by atoms with Crippen LogP contribution in [0.25, 0.3) is 6.08 Å². The van der Waals surface area contributed by atoms with Crippen LogP contribution in [0.3, 0.4) is 0 Å². The van der Waals surface area contributed by atoms with Gasteiger partial charge >= 0.3 is 17.6 Å². The van der Waals surface area contributed by atoms with Gasteiger partial charge in [0.1, 0.15) is 12.2 Å². The summed E-state index contributed by atoms with van der Waals surface area (Å²) in [5, 5.41) is 10.9. The van der Waals surface area contributed by atoms with Crippen molar-refractivity contribution in [2.75, 3.05) is 24.7 Å². The van der Waals surface area contributed by atoms with E-state index >= 15 is 0 Å². The number of esters is 2. The minimum Gasteiger partial charge on any atom is -0.494 e. The minimum atomic E-state index is -0.760. The molecule has 0 spiro atoms. The molecule has 2 heterocycles. The van der Waals surface area contributed by atoms with Gasteiger partial charge in [0.05, 0.1) is 18.8 Å². The lowest BCUT2D eigenvalue weighted by atomic mass is 10.2. The van der Waals surface area contributed by atoms with E-state index in [2.05, 4.69) is 18.9 Å². The molecule has 0 bridgehead atoms. The number of ether oxygens (including phenoxy) is 3. The lowest BCUT2D eigenvalue weighted by Gasteiger charge is -2.17. The van der Waals surface area contributed by atoms with Gasteiger partial charge in [0.15, 0.2) is 5.75 Å². The lowest BCUT2D eigenvalue weighted by molar-refractivity contribution is -0.138. The Morgan fingerprint density at radius 1 is 0.975 bits per heavy atom. The van der Waals surface area contributed by atoms with Gasteiger partial charge < -0.3 is 24.2 Å². The average molecular weight is 552 g/mol. The third-order valence-corrected chi connectivity index (χ3v) is 6.03. The molecule has 0 saturated carbocycles. The van der Waals surface area contributed by atoms with Crippen molar-refractivity contribution in [3.05, 3.63) is 87.6 Å². The van der Waals surface area contributed by atoms with Crippen molar-refractivity contribution in [1.82, 2.24) is 9.13 Å². The molecule has 212 valence electrons. The van der Waals surface area contributed by atoms with E-state index in [1.807, 2.05) is 30.0 Å². The summed E-state index contributed by atoms with van der Waals surface area (Å²) in [6.07, 6.45) is 5.97. The molecular weight excluding hydrogens is 518 g/mol. The summed E-state index contributed by atoms with van der Waals surface area (Å²) in [6.45, 7) is 9.13. The number of carbonyl (C=O) groups is 2. The first kappa shape index (κ1) is 29.8. The van der Waals surface area contributed by atoms with Gasteiger partial charge in [-0.25, -0.2) is 14.4 Å². The molecule has 3 rings (SSSR count). The van der Waals surface area contributed by atoms with E-state index < -0.39 is 29.1 Å². The van der Waals surface area contributed by atoms with Crippen LogP contribution in [0.1, 0.15) is 38.2 Å². The molecule has 2 aromatic rings. The molecule has 1 aliphatic rings. The third kappa shape index (κ3) is 7.21. The van der Waals surface area contributed by atoms with Gasteiger partial charge in [-0.1, -0.05) is 44.4 Å². The molecule has 1 aromatic heterocycles. The highest BCUT2D eigenvalue weighted by Gasteiger charge is 2.25. The zero-order chi connectivity index (χ0) is 29.1. The van der Waals surface area contributed by atoms with Crippen molar-refractivity contribution in [3.8, 4) is 11.6 Å². The Balaban J connectivity index is 1.96. The molecule has 0 aliphatic carbocycles. The SMILES string of the molecule is C=CC(=O)OCCCCN1C(=C=Cc2c(O)n(CCCC)c(=O)n(CCOC(=O)C=C)c2=O)Oc2ccccc21. The Labute approximate surface area is 231 Å². The van der Waals surface area contributed by atoms with Crippen molar-refractivity contribution in [1.29, 1.82) is 0 Å². The zero-order valence-electron chi connectivity index (χ0n) is 22.5. The second kappa shape index (κ2) is 14.4. The fraction of sp³-hybridized carbons (Fsp3) is 0.345. The molecule has 0 saturated heterocycles. The minimum absolute atomic E-state index is 0.158. The molecule has 11 nitrogen and oxygen atoms in total. The average Bonchev–Trinajstić information content (AvgIpc) is 3.31. The molecule has 0 atom stereocenters. The second-order valence-corrected chi connectivity index (χ2v) is 8.75. The largest absolute Gasteiger partial charge is 0.494 e. The van der Waals surface area contributed by atoms with E-state index in [9.17, 15) is 24.3 Å². The lowest BCUT2D eigenvalue weighted by Crippen LogP contribution is -2.42. The van der Waals surface area contributed by atoms with E-state index in [4.69, 9.17) is 14.2 Å². The molecule has 0 radical (unpaired) electrons. The first-order valence-electron chi connectivity index (χ1n) is 13.0. The monoisotopic (exact) mass is 551 g/mol. The fourth-order valence-electron chi connectivity index (χ4n) is 3.95. The van der Waals surface area contributed by atoms with Crippen LogP contribution in [-0.2, 0) is 32.2 Å². The number of hydrogen-bond acceptors (Lipinski definition) is 9. The second-order valence-electron chi connectivity index (χ2n) is 8.75. The van der Waals surface area contributed by atoms with Crippen LogP contribution in [-0.4, -0.2) is 45.9 Å². The van der Waals surface area contributed by atoms with Gasteiger partial charge in [-0.15, -0.1) is 0 Å². The van der Waals surface area contributed by atoms with Gasteiger partial charge in [-0.05, 0) is 31.4 Å². The van der Waals surface area contributed by atoms with Gasteiger partial charge in [-0.2, -0.15) is 0 Å². The molecule has 1 aliphatic heterocycles. The Morgan fingerprint density at radius 2 is 1.68 bits per heavy atom. The van der Waals surface area contributed by atoms with Crippen molar-refractivity contribution in [3.63, 3.8) is 0 Å². The standard InChI is InChI=1S/C29H33N3O8/c1-4-7-16-31-27(35)21(28(36)32(29(31)37)18-20-39-26(34)6-3)14-15-24-30(17-10-11-19-38-25(33)5-2)22-12-8-9-13-23(22)40-24/h5-6,8-9,12-14,35H,2-4,7,10-11,16-20H2,1H3. The van der Waals surface area contributed by atoms with Crippen molar-refractivity contribution < 1.29 is 28.9 Å². The number of anilines is 1. The number of rotatable bonds is 14. The molecular formula is C29H33N3O8. The smallest absolute Gasteiger partial charge is 0.333 e. The fourth-order valence-corrected chi connectivity index (χ4v) is 3.95. The first-order valence-corrected chi connectivity index (χ1v) is 13.0. The number of carbonyl (C=O) groups excluding carboxylic acids is 2. The molecule has 1 N–H and O–H groups in total. The van der Waals surface area contributed by atoms with E-state index in [-0.39, 0.29) is 31.9 Å². The number of nitrogens with zero attached hydrogens (tertiary/aromatic N) is 3. The molecule has 0 amide bonds. The van der Waals surface area contributed by atoms with Crippen molar-refractivity contribution >= 4 is 23.7 Å². The van der Waals surface area contributed by atoms with E-state index in [0.29, 0.717) is 37.4 Å². The molecule has 11 heteroatoms. The van der Waals surface area contributed by atoms with E-state index in [0.717, 1.165) is 33.4 Å². The Morgan fingerprint density at radius 3 is 2.38 bits per heavy atom. The van der Waals surface area contributed by atoms with Crippen LogP contribution in [0.15, 0.2) is 70.8 Å².